The molecule has 2 aliphatic heterocycles. The van der Waals surface area contributed by atoms with Gasteiger partial charge in [0.25, 0.3) is 5.91 Å². The van der Waals surface area contributed by atoms with Gasteiger partial charge in [0.15, 0.2) is 0 Å². The van der Waals surface area contributed by atoms with Gasteiger partial charge >= 0.3 is 0 Å². The maximum absolute atomic E-state index is 12.1. The predicted octanol–water partition coefficient (Wildman–Crippen LogP) is 3.91. The summed E-state index contributed by atoms with van der Waals surface area (Å²) in [5.74, 6) is -0.549. The van der Waals surface area contributed by atoms with Crippen molar-refractivity contribution in [3.63, 3.8) is 0 Å². The number of hydrogen-bond acceptors (Lipinski definition) is 6. The molecule has 0 spiro atoms. The monoisotopic (exact) mass is 439 g/mol. The number of anilines is 1. The molecular weight excluding hydrogens is 418 g/mol. The van der Waals surface area contributed by atoms with Crippen molar-refractivity contribution in [1.82, 2.24) is 14.9 Å². The van der Waals surface area contributed by atoms with E-state index in [4.69, 9.17) is 22.3 Å². The summed E-state index contributed by atoms with van der Waals surface area (Å²) in [6.45, 7) is 4.20. The molecule has 0 radical (unpaired) electrons. The molecule has 2 N–H and O–H groups in total. The molecule has 30 heavy (non-hydrogen) atoms. The number of carbonyl (C=O) groups excluding carboxylic acids is 1. The van der Waals surface area contributed by atoms with Gasteiger partial charge in [0, 0.05) is 47.2 Å². The number of rotatable bonds is 4. The Balaban J connectivity index is 1.50. The summed E-state index contributed by atoms with van der Waals surface area (Å²) >= 11 is 7.80. The number of piperazine rings is 1. The Hall–Kier alpha value is -2.48. The molecule has 2 saturated heterocycles. The Labute approximate surface area is 184 Å². The fourth-order valence-corrected chi connectivity index (χ4v) is 5.47. The first-order valence-corrected chi connectivity index (χ1v) is 11.4. The quantitative estimate of drug-likeness (QED) is 0.667. The smallest absolute Gasteiger partial charge is 0.268 e. The number of benzene rings is 1. The minimum atomic E-state index is -0.549. The molecule has 6 nitrogen and oxygen atoms in total. The van der Waals surface area contributed by atoms with Crippen LogP contribution in [0.5, 0.6) is 0 Å². The molecule has 154 valence electrons. The number of carbonyl (C=O) groups is 1. The van der Waals surface area contributed by atoms with E-state index in [2.05, 4.69) is 14.8 Å². The topological polar surface area (TPSA) is 75.4 Å². The zero-order valence-corrected chi connectivity index (χ0v) is 18.0. The van der Waals surface area contributed by atoms with Crippen LogP contribution in [0.2, 0.25) is 5.02 Å². The standard InChI is InChI=1S/C22H22ClN5OS/c23-18-6-2-1-5-16(18)19-13-30-22(26-19)17-10-15(11-25-20(17)21(24)29)28-9-8-27-7-3-4-14(27)12-28/h1-2,5-6,10-11,13-14H,3-4,7-9,12H2,(H2,24,29). The lowest BCUT2D eigenvalue weighted by Crippen LogP contribution is -2.50. The van der Waals surface area contributed by atoms with Crippen molar-refractivity contribution in [2.24, 2.45) is 5.73 Å². The molecule has 4 heterocycles. The summed E-state index contributed by atoms with van der Waals surface area (Å²) in [6.07, 6.45) is 4.27. The van der Waals surface area contributed by atoms with E-state index in [1.165, 1.54) is 30.7 Å². The summed E-state index contributed by atoms with van der Waals surface area (Å²) in [6, 6.07) is 10.2. The third-order valence-corrected chi connectivity index (χ3v) is 7.15. The summed E-state index contributed by atoms with van der Waals surface area (Å²) in [5.41, 5.74) is 9.21. The molecule has 1 aromatic carbocycles. The van der Waals surface area contributed by atoms with Gasteiger partial charge in [0.2, 0.25) is 0 Å². The normalized spacial score (nSPS) is 19.1. The maximum atomic E-state index is 12.1. The Morgan fingerprint density at radius 3 is 2.90 bits per heavy atom. The first kappa shape index (κ1) is 19.5. The fraction of sp³-hybridized carbons (Fsp3) is 0.318. The van der Waals surface area contributed by atoms with E-state index in [1.54, 1.807) is 6.20 Å². The van der Waals surface area contributed by atoms with Crippen LogP contribution in [0.1, 0.15) is 23.3 Å². The summed E-state index contributed by atoms with van der Waals surface area (Å²) in [4.78, 5) is 26.2. The third kappa shape index (κ3) is 3.57. The molecule has 2 fully saturated rings. The summed E-state index contributed by atoms with van der Waals surface area (Å²) in [5, 5.41) is 3.31. The van der Waals surface area contributed by atoms with Crippen LogP contribution in [0, 0.1) is 0 Å². The highest BCUT2D eigenvalue weighted by Gasteiger charge is 2.31. The maximum Gasteiger partial charge on any atom is 0.268 e. The van der Waals surface area contributed by atoms with E-state index < -0.39 is 5.91 Å². The number of primary amides is 1. The lowest BCUT2D eigenvalue weighted by molar-refractivity contribution is 0.0996. The largest absolute Gasteiger partial charge is 0.367 e. The number of thiazole rings is 1. The second kappa shape index (κ2) is 7.98. The van der Waals surface area contributed by atoms with Crippen LogP contribution >= 0.6 is 22.9 Å². The van der Waals surface area contributed by atoms with Crippen LogP contribution in [0.15, 0.2) is 41.9 Å². The average Bonchev–Trinajstić information content (AvgIpc) is 3.42. The molecule has 1 unspecified atom stereocenters. The third-order valence-electron chi connectivity index (χ3n) is 5.94. The SMILES string of the molecule is NC(=O)c1ncc(N2CCN3CCCC3C2)cc1-c1nc(-c2ccccc2Cl)cs1. The molecule has 2 aromatic heterocycles. The fourth-order valence-electron chi connectivity index (χ4n) is 4.40. The van der Waals surface area contributed by atoms with E-state index in [0.717, 1.165) is 36.6 Å². The van der Waals surface area contributed by atoms with Gasteiger partial charge in [-0.15, -0.1) is 11.3 Å². The van der Waals surface area contributed by atoms with Gasteiger partial charge in [0.1, 0.15) is 10.7 Å². The van der Waals surface area contributed by atoms with Crippen LogP contribution in [-0.4, -0.2) is 53.0 Å². The van der Waals surface area contributed by atoms with Gasteiger partial charge in [-0.1, -0.05) is 29.8 Å². The van der Waals surface area contributed by atoms with Gasteiger partial charge < -0.3 is 10.6 Å². The van der Waals surface area contributed by atoms with Gasteiger partial charge in [-0.25, -0.2) is 9.97 Å². The van der Waals surface area contributed by atoms with Crippen LogP contribution in [-0.2, 0) is 0 Å². The summed E-state index contributed by atoms with van der Waals surface area (Å²) < 4.78 is 0. The average molecular weight is 440 g/mol. The van der Waals surface area contributed by atoms with Crippen molar-refractivity contribution >= 4 is 34.5 Å². The number of halogens is 1. The Bertz CT molecular complexity index is 1100. The molecular formula is C22H22ClN5OS. The number of nitrogens with zero attached hydrogens (tertiary/aromatic N) is 4. The van der Waals surface area contributed by atoms with E-state index in [0.29, 0.717) is 21.6 Å². The highest BCUT2D eigenvalue weighted by molar-refractivity contribution is 7.13. The van der Waals surface area contributed by atoms with Crippen molar-refractivity contribution < 1.29 is 4.79 Å². The van der Waals surface area contributed by atoms with Gasteiger partial charge in [-0.2, -0.15) is 0 Å². The van der Waals surface area contributed by atoms with Crippen LogP contribution in [0.25, 0.3) is 21.8 Å². The van der Waals surface area contributed by atoms with Crippen LogP contribution < -0.4 is 10.6 Å². The van der Waals surface area contributed by atoms with Crippen LogP contribution in [0.4, 0.5) is 5.69 Å². The van der Waals surface area contributed by atoms with Gasteiger partial charge in [0.05, 0.1) is 17.6 Å². The van der Waals surface area contributed by atoms with Gasteiger partial charge in [-0.3, -0.25) is 9.69 Å². The minimum Gasteiger partial charge on any atom is -0.367 e. The van der Waals surface area contributed by atoms with Gasteiger partial charge in [-0.05, 0) is 31.5 Å². The highest BCUT2D eigenvalue weighted by Crippen LogP contribution is 2.35. The minimum absolute atomic E-state index is 0.248. The zero-order chi connectivity index (χ0) is 20.7. The molecule has 3 aromatic rings. The Morgan fingerprint density at radius 1 is 1.20 bits per heavy atom. The molecule has 0 aliphatic carbocycles. The molecule has 1 atom stereocenters. The number of amides is 1. The lowest BCUT2D eigenvalue weighted by Gasteiger charge is -2.38. The number of nitrogens with two attached hydrogens (primary N) is 1. The number of aromatic nitrogens is 2. The number of hydrogen-bond donors (Lipinski definition) is 1. The molecule has 2 aliphatic rings. The molecule has 0 bridgehead atoms. The first-order valence-electron chi connectivity index (χ1n) is 10.1. The van der Waals surface area contributed by atoms with Crippen molar-refractivity contribution in [2.75, 3.05) is 31.1 Å². The second-order valence-corrected chi connectivity index (χ2v) is 9.02. The molecule has 8 heteroatoms. The van der Waals surface area contributed by atoms with E-state index in [1.807, 2.05) is 35.7 Å². The zero-order valence-electron chi connectivity index (χ0n) is 16.4. The van der Waals surface area contributed by atoms with Crippen molar-refractivity contribution in [3.05, 3.63) is 52.6 Å². The van der Waals surface area contributed by atoms with E-state index in [-0.39, 0.29) is 5.69 Å². The second-order valence-electron chi connectivity index (χ2n) is 7.75. The van der Waals surface area contributed by atoms with Crippen molar-refractivity contribution in [1.29, 1.82) is 0 Å². The highest BCUT2D eigenvalue weighted by atomic mass is 35.5. The van der Waals surface area contributed by atoms with Crippen molar-refractivity contribution in [2.45, 2.75) is 18.9 Å². The van der Waals surface area contributed by atoms with E-state index >= 15 is 0 Å². The molecule has 1 amide bonds. The first-order chi connectivity index (χ1) is 14.6. The molecule has 0 saturated carbocycles. The predicted molar refractivity (Wildman–Crippen MR) is 121 cm³/mol. The van der Waals surface area contributed by atoms with Crippen molar-refractivity contribution in [3.8, 4) is 21.8 Å². The number of pyridine rings is 1. The van der Waals surface area contributed by atoms with E-state index in [9.17, 15) is 4.79 Å². The lowest BCUT2D eigenvalue weighted by atomic mass is 10.1. The van der Waals surface area contributed by atoms with Crippen LogP contribution in [0.3, 0.4) is 0 Å². The Kier molecular flexibility index (Phi) is 5.18. The summed E-state index contributed by atoms with van der Waals surface area (Å²) in [7, 11) is 0. The Morgan fingerprint density at radius 2 is 2.07 bits per heavy atom. The number of fused-ring (bicyclic) bond motifs is 1. The molecule has 5 rings (SSSR count).